The molecule has 0 radical (unpaired) electrons. The van der Waals surface area contributed by atoms with Crippen LogP contribution in [0.2, 0.25) is 0 Å². The molecule has 1 fully saturated rings. The van der Waals surface area contributed by atoms with Crippen LogP contribution in [0, 0.1) is 0 Å². The molecule has 1 N–H and O–H groups in total. The summed E-state index contributed by atoms with van der Waals surface area (Å²) >= 11 is 6.85. The van der Waals surface area contributed by atoms with E-state index in [-0.39, 0.29) is 0 Å². The van der Waals surface area contributed by atoms with E-state index in [1.54, 1.807) is 11.8 Å². The van der Waals surface area contributed by atoms with Gasteiger partial charge in [-0.15, -0.1) is 0 Å². The van der Waals surface area contributed by atoms with Crippen LogP contribution in [0.4, 0.5) is 0 Å². The molecule has 0 aromatic rings. The molecule has 2 nitrogen and oxygen atoms in total. The number of likely N-dealkylation sites (tertiary alicyclic amines) is 1. The van der Waals surface area contributed by atoms with Gasteiger partial charge >= 0.3 is 0 Å². The lowest BCUT2D eigenvalue weighted by molar-refractivity contribution is 0.107. The first-order chi connectivity index (χ1) is 5.99. The molecular weight excluding hydrogens is 202 g/mol. The third-order valence-electron chi connectivity index (χ3n) is 1.91. The molecule has 0 unspecified atom stereocenters. The van der Waals surface area contributed by atoms with Crippen molar-refractivity contribution in [1.82, 2.24) is 4.90 Å². The molecule has 1 rings (SSSR count). The van der Waals surface area contributed by atoms with Gasteiger partial charge in [0.05, 0.1) is 5.60 Å². The summed E-state index contributed by atoms with van der Waals surface area (Å²) in [6, 6.07) is 0. The van der Waals surface area contributed by atoms with Crippen LogP contribution in [0.5, 0.6) is 0 Å². The third-order valence-corrected chi connectivity index (χ3v) is 3.88. The summed E-state index contributed by atoms with van der Waals surface area (Å²) in [6.45, 7) is 5.81. The van der Waals surface area contributed by atoms with E-state index in [1.165, 1.54) is 12.8 Å². The number of thiocarbonyl (C=S) groups is 1. The predicted molar refractivity (Wildman–Crippen MR) is 62.2 cm³/mol. The van der Waals surface area contributed by atoms with Crippen molar-refractivity contribution in [3.05, 3.63) is 0 Å². The SMILES string of the molecule is CC(C)(O)CSC(=S)N1CCCC1. The van der Waals surface area contributed by atoms with Crippen molar-refractivity contribution in [2.24, 2.45) is 0 Å². The summed E-state index contributed by atoms with van der Waals surface area (Å²) in [5.74, 6) is 0.683. The first-order valence-electron chi connectivity index (χ1n) is 4.63. The zero-order valence-electron chi connectivity index (χ0n) is 8.25. The Hall–Kier alpha value is 0.200. The first kappa shape index (κ1) is 11.3. The lowest BCUT2D eigenvalue weighted by atomic mass is 10.2. The van der Waals surface area contributed by atoms with Crippen molar-refractivity contribution in [2.45, 2.75) is 32.3 Å². The van der Waals surface area contributed by atoms with Crippen LogP contribution in [0.25, 0.3) is 0 Å². The summed E-state index contributed by atoms with van der Waals surface area (Å²) in [7, 11) is 0. The van der Waals surface area contributed by atoms with Gasteiger partial charge in [0.15, 0.2) is 0 Å². The van der Waals surface area contributed by atoms with Crippen LogP contribution in [0.15, 0.2) is 0 Å². The molecule has 0 atom stereocenters. The van der Waals surface area contributed by atoms with Crippen molar-refractivity contribution in [3.8, 4) is 0 Å². The van der Waals surface area contributed by atoms with Gasteiger partial charge in [0.1, 0.15) is 4.32 Å². The third kappa shape index (κ3) is 4.29. The highest BCUT2D eigenvalue weighted by Crippen LogP contribution is 2.19. The van der Waals surface area contributed by atoms with E-state index in [9.17, 15) is 5.11 Å². The molecule has 4 heteroatoms. The Morgan fingerprint density at radius 1 is 1.46 bits per heavy atom. The van der Waals surface area contributed by atoms with Gasteiger partial charge in [-0.2, -0.15) is 0 Å². The van der Waals surface area contributed by atoms with Gasteiger partial charge in [0, 0.05) is 18.8 Å². The van der Waals surface area contributed by atoms with Crippen molar-refractivity contribution in [2.75, 3.05) is 18.8 Å². The fraction of sp³-hybridized carbons (Fsp3) is 0.889. The van der Waals surface area contributed by atoms with E-state index in [4.69, 9.17) is 12.2 Å². The van der Waals surface area contributed by atoms with Crippen LogP contribution in [-0.4, -0.2) is 38.8 Å². The number of hydrogen-bond acceptors (Lipinski definition) is 3. The molecule has 0 amide bonds. The fourth-order valence-electron chi connectivity index (χ4n) is 1.23. The van der Waals surface area contributed by atoms with Crippen LogP contribution in [0.3, 0.4) is 0 Å². The molecule has 0 aromatic heterocycles. The monoisotopic (exact) mass is 219 g/mol. The second-order valence-corrected chi connectivity index (χ2v) is 5.67. The van der Waals surface area contributed by atoms with Crippen LogP contribution >= 0.6 is 24.0 Å². The van der Waals surface area contributed by atoms with Crippen molar-refractivity contribution in [3.63, 3.8) is 0 Å². The smallest absolute Gasteiger partial charge is 0.136 e. The van der Waals surface area contributed by atoms with Gasteiger partial charge in [0.2, 0.25) is 0 Å². The molecular formula is C9H17NOS2. The molecule has 13 heavy (non-hydrogen) atoms. The minimum atomic E-state index is -0.617. The van der Waals surface area contributed by atoms with Crippen LogP contribution in [0.1, 0.15) is 26.7 Å². The summed E-state index contributed by atoms with van der Waals surface area (Å²) < 4.78 is 0.944. The van der Waals surface area contributed by atoms with Gasteiger partial charge < -0.3 is 10.0 Å². The van der Waals surface area contributed by atoms with E-state index in [0.29, 0.717) is 5.75 Å². The average molecular weight is 219 g/mol. The first-order valence-corrected chi connectivity index (χ1v) is 6.02. The van der Waals surface area contributed by atoms with E-state index >= 15 is 0 Å². The Labute approximate surface area is 89.7 Å². The van der Waals surface area contributed by atoms with Crippen molar-refractivity contribution in [1.29, 1.82) is 0 Å². The number of nitrogens with zero attached hydrogens (tertiary/aromatic N) is 1. The van der Waals surface area contributed by atoms with Crippen LogP contribution < -0.4 is 0 Å². The van der Waals surface area contributed by atoms with Crippen LogP contribution in [-0.2, 0) is 0 Å². The van der Waals surface area contributed by atoms with Gasteiger partial charge in [0.25, 0.3) is 0 Å². The Morgan fingerprint density at radius 2 is 2.00 bits per heavy atom. The Kier molecular flexibility index (Phi) is 4.01. The minimum absolute atomic E-state index is 0.617. The van der Waals surface area contributed by atoms with Gasteiger partial charge in [-0.25, -0.2) is 0 Å². The molecule has 1 saturated heterocycles. The molecule has 0 aromatic carbocycles. The normalized spacial score (nSPS) is 17.9. The summed E-state index contributed by atoms with van der Waals surface area (Å²) in [5, 5.41) is 9.51. The molecule has 0 spiro atoms. The minimum Gasteiger partial charge on any atom is -0.390 e. The van der Waals surface area contributed by atoms with E-state index < -0.39 is 5.60 Å². The maximum Gasteiger partial charge on any atom is 0.136 e. The van der Waals surface area contributed by atoms with E-state index in [1.807, 2.05) is 13.8 Å². The lowest BCUT2D eigenvalue weighted by Gasteiger charge is -2.21. The maximum atomic E-state index is 9.51. The summed E-state index contributed by atoms with van der Waals surface area (Å²) in [6.07, 6.45) is 2.51. The fourth-order valence-corrected chi connectivity index (χ4v) is 2.43. The Morgan fingerprint density at radius 3 is 2.46 bits per heavy atom. The second-order valence-electron chi connectivity index (χ2n) is 4.06. The zero-order valence-corrected chi connectivity index (χ0v) is 9.88. The second kappa shape index (κ2) is 4.62. The quantitative estimate of drug-likeness (QED) is 0.716. The number of rotatable bonds is 2. The summed E-state index contributed by atoms with van der Waals surface area (Å²) in [4.78, 5) is 2.23. The predicted octanol–water partition coefficient (Wildman–Crippen LogP) is 1.87. The largest absolute Gasteiger partial charge is 0.390 e. The lowest BCUT2D eigenvalue weighted by Crippen LogP contribution is -2.28. The average Bonchev–Trinajstić information content (AvgIpc) is 2.50. The van der Waals surface area contributed by atoms with Gasteiger partial charge in [-0.3, -0.25) is 0 Å². The highest BCUT2D eigenvalue weighted by molar-refractivity contribution is 8.22. The molecule has 0 bridgehead atoms. The van der Waals surface area contributed by atoms with E-state index in [0.717, 1.165) is 17.4 Å². The van der Waals surface area contributed by atoms with Gasteiger partial charge in [-0.1, -0.05) is 24.0 Å². The molecule has 0 saturated carbocycles. The highest BCUT2D eigenvalue weighted by Gasteiger charge is 2.18. The topological polar surface area (TPSA) is 23.5 Å². The maximum absolute atomic E-state index is 9.51. The molecule has 1 aliphatic rings. The zero-order chi connectivity index (χ0) is 9.90. The number of thioether (sulfide) groups is 1. The van der Waals surface area contributed by atoms with E-state index in [2.05, 4.69) is 4.90 Å². The Bertz CT molecular complexity index is 183. The van der Waals surface area contributed by atoms with Crippen molar-refractivity contribution < 1.29 is 5.11 Å². The highest BCUT2D eigenvalue weighted by atomic mass is 32.2. The van der Waals surface area contributed by atoms with Crippen molar-refractivity contribution >= 4 is 28.3 Å². The standard InChI is InChI=1S/C9H17NOS2/c1-9(2,11)7-13-8(12)10-5-3-4-6-10/h11H,3-7H2,1-2H3. The molecule has 0 aliphatic carbocycles. The number of hydrogen-bond donors (Lipinski definition) is 1. The molecule has 76 valence electrons. The Balaban J connectivity index is 2.25. The summed E-state index contributed by atoms with van der Waals surface area (Å²) in [5.41, 5.74) is -0.617. The molecule has 1 heterocycles. The molecule has 1 aliphatic heterocycles. The van der Waals surface area contributed by atoms with Gasteiger partial charge in [-0.05, 0) is 26.7 Å². The number of aliphatic hydroxyl groups is 1.